The second kappa shape index (κ2) is 7.91. The van der Waals surface area contributed by atoms with Gasteiger partial charge in [0.2, 0.25) is 5.91 Å². The van der Waals surface area contributed by atoms with Crippen LogP contribution in [-0.4, -0.2) is 48.7 Å². The molecule has 0 bridgehead atoms. The summed E-state index contributed by atoms with van der Waals surface area (Å²) in [6.07, 6.45) is 1.86. The van der Waals surface area contributed by atoms with Gasteiger partial charge in [0.1, 0.15) is 0 Å². The van der Waals surface area contributed by atoms with Gasteiger partial charge in [0, 0.05) is 19.0 Å². The largest absolute Gasteiger partial charge is 0.395 e. The van der Waals surface area contributed by atoms with Gasteiger partial charge >= 0.3 is 0 Å². The summed E-state index contributed by atoms with van der Waals surface area (Å²) in [5.74, 6) is 0.380. The van der Waals surface area contributed by atoms with Crippen LogP contribution in [0.2, 0.25) is 0 Å². The van der Waals surface area contributed by atoms with Gasteiger partial charge in [-0.3, -0.25) is 4.79 Å². The molecule has 0 spiro atoms. The number of carbonyl (C=O) groups excluding carboxylic acids is 1. The van der Waals surface area contributed by atoms with Gasteiger partial charge in [-0.25, -0.2) is 0 Å². The van der Waals surface area contributed by atoms with Crippen LogP contribution in [0.15, 0.2) is 0 Å². The maximum absolute atomic E-state index is 11.9. The van der Waals surface area contributed by atoms with Crippen molar-refractivity contribution in [2.45, 2.75) is 19.8 Å². The van der Waals surface area contributed by atoms with E-state index in [9.17, 15) is 4.79 Å². The predicted octanol–water partition coefficient (Wildman–Crippen LogP) is 0.249. The monoisotopic (exact) mass is 236 g/mol. The molecule has 0 saturated carbocycles. The third-order valence-corrected chi connectivity index (χ3v) is 2.75. The molecular weight excluding hydrogens is 216 g/mol. The minimum absolute atomic E-state index is 0. The molecule has 1 aliphatic rings. The molecule has 90 valence electrons. The van der Waals surface area contributed by atoms with Crippen LogP contribution in [0.1, 0.15) is 19.8 Å². The second-order valence-corrected chi connectivity index (χ2v) is 3.67. The number of likely N-dealkylation sites (N-methyl/N-ethyl adjacent to an activating group) is 1. The lowest BCUT2D eigenvalue weighted by Crippen LogP contribution is -2.42. The number of amides is 1. The second-order valence-electron chi connectivity index (χ2n) is 3.67. The molecule has 0 aliphatic carbocycles. The molecule has 1 aliphatic heterocycles. The zero-order chi connectivity index (χ0) is 10.4. The van der Waals surface area contributed by atoms with E-state index in [1.807, 2.05) is 6.92 Å². The van der Waals surface area contributed by atoms with E-state index in [-0.39, 0.29) is 30.8 Å². The minimum atomic E-state index is 0. The molecule has 4 nitrogen and oxygen atoms in total. The Balaban J connectivity index is 0.00000196. The smallest absolute Gasteiger partial charge is 0.225 e. The number of hydrogen-bond acceptors (Lipinski definition) is 3. The Morgan fingerprint density at radius 3 is 2.53 bits per heavy atom. The highest BCUT2D eigenvalue weighted by Crippen LogP contribution is 2.14. The number of nitrogens with zero attached hydrogens (tertiary/aromatic N) is 1. The Labute approximate surface area is 97.4 Å². The van der Waals surface area contributed by atoms with E-state index in [0.717, 1.165) is 25.9 Å². The van der Waals surface area contributed by atoms with E-state index in [4.69, 9.17) is 5.11 Å². The summed E-state index contributed by atoms with van der Waals surface area (Å²) < 4.78 is 0. The molecule has 1 heterocycles. The molecular formula is C10H21ClN2O2. The van der Waals surface area contributed by atoms with E-state index in [1.165, 1.54) is 0 Å². The number of nitrogens with one attached hydrogen (secondary N) is 1. The molecule has 1 rings (SSSR count). The lowest BCUT2D eigenvalue weighted by Gasteiger charge is -2.28. The highest BCUT2D eigenvalue weighted by Gasteiger charge is 2.24. The number of hydrogen-bond donors (Lipinski definition) is 2. The van der Waals surface area contributed by atoms with Crippen LogP contribution in [0.5, 0.6) is 0 Å². The van der Waals surface area contributed by atoms with E-state index in [1.54, 1.807) is 4.90 Å². The highest BCUT2D eigenvalue weighted by molar-refractivity contribution is 5.85. The maximum atomic E-state index is 11.9. The van der Waals surface area contributed by atoms with Gasteiger partial charge < -0.3 is 15.3 Å². The molecule has 0 atom stereocenters. The maximum Gasteiger partial charge on any atom is 0.225 e. The van der Waals surface area contributed by atoms with Crippen LogP contribution in [0, 0.1) is 5.92 Å². The molecule has 1 saturated heterocycles. The Morgan fingerprint density at radius 1 is 1.47 bits per heavy atom. The first-order valence-corrected chi connectivity index (χ1v) is 5.40. The first kappa shape index (κ1) is 14.7. The van der Waals surface area contributed by atoms with Gasteiger partial charge in [0.15, 0.2) is 0 Å². The summed E-state index contributed by atoms with van der Waals surface area (Å²) in [5.41, 5.74) is 0. The summed E-state index contributed by atoms with van der Waals surface area (Å²) >= 11 is 0. The quantitative estimate of drug-likeness (QED) is 0.736. The van der Waals surface area contributed by atoms with E-state index < -0.39 is 0 Å². The van der Waals surface area contributed by atoms with Crippen LogP contribution < -0.4 is 5.32 Å². The number of piperidine rings is 1. The van der Waals surface area contributed by atoms with Crippen LogP contribution in [-0.2, 0) is 4.79 Å². The van der Waals surface area contributed by atoms with E-state index >= 15 is 0 Å². The summed E-state index contributed by atoms with van der Waals surface area (Å²) in [6.45, 7) is 5.06. The molecule has 0 aromatic carbocycles. The average Bonchev–Trinajstić information content (AvgIpc) is 2.26. The molecule has 0 aromatic rings. The SMILES string of the molecule is CCN(CCO)C(=O)C1CCNCC1.Cl. The minimum Gasteiger partial charge on any atom is -0.395 e. The van der Waals surface area contributed by atoms with Crippen LogP contribution in [0.4, 0.5) is 0 Å². The molecule has 15 heavy (non-hydrogen) atoms. The summed E-state index contributed by atoms with van der Waals surface area (Å²) in [4.78, 5) is 13.7. The van der Waals surface area contributed by atoms with Gasteiger partial charge in [-0.2, -0.15) is 0 Å². The first-order valence-electron chi connectivity index (χ1n) is 5.40. The van der Waals surface area contributed by atoms with Crippen molar-refractivity contribution in [3.05, 3.63) is 0 Å². The van der Waals surface area contributed by atoms with Gasteiger partial charge in [-0.05, 0) is 32.9 Å². The average molecular weight is 237 g/mol. The molecule has 0 radical (unpaired) electrons. The van der Waals surface area contributed by atoms with Crippen molar-refractivity contribution in [3.8, 4) is 0 Å². The van der Waals surface area contributed by atoms with Gasteiger partial charge in [0.05, 0.1) is 6.61 Å². The van der Waals surface area contributed by atoms with Gasteiger partial charge in [-0.15, -0.1) is 12.4 Å². The Hall–Kier alpha value is -0.320. The van der Waals surface area contributed by atoms with Crippen molar-refractivity contribution in [2.24, 2.45) is 5.92 Å². The number of aliphatic hydroxyl groups is 1. The summed E-state index contributed by atoms with van der Waals surface area (Å²) in [6, 6.07) is 0. The third-order valence-electron chi connectivity index (χ3n) is 2.75. The number of aliphatic hydroxyl groups excluding tert-OH is 1. The Bertz CT molecular complexity index is 178. The number of carbonyl (C=O) groups is 1. The van der Waals surface area contributed by atoms with Crippen LogP contribution in [0.3, 0.4) is 0 Å². The third kappa shape index (κ3) is 4.36. The van der Waals surface area contributed by atoms with Crippen molar-refractivity contribution in [2.75, 3.05) is 32.8 Å². The van der Waals surface area contributed by atoms with Crippen molar-refractivity contribution < 1.29 is 9.90 Å². The molecule has 1 amide bonds. The Kier molecular flexibility index (Phi) is 7.74. The van der Waals surface area contributed by atoms with E-state index in [0.29, 0.717) is 13.1 Å². The van der Waals surface area contributed by atoms with E-state index in [2.05, 4.69) is 5.32 Å². The molecule has 5 heteroatoms. The Morgan fingerprint density at radius 2 is 2.07 bits per heavy atom. The predicted molar refractivity (Wildman–Crippen MR) is 62.2 cm³/mol. The summed E-state index contributed by atoms with van der Waals surface area (Å²) in [7, 11) is 0. The zero-order valence-electron chi connectivity index (χ0n) is 9.24. The number of rotatable bonds is 4. The fourth-order valence-electron chi connectivity index (χ4n) is 1.87. The molecule has 0 unspecified atom stereocenters. The van der Waals surface area contributed by atoms with Gasteiger partial charge in [-0.1, -0.05) is 0 Å². The van der Waals surface area contributed by atoms with Gasteiger partial charge in [0.25, 0.3) is 0 Å². The normalized spacial score (nSPS) is 16.9. The fraction of sp³-hybridized carbons (Fsp3) is 0.900. The van der Waals surface area contributed by atoms with Crippen molar-refractivity contribution in [1.82, 2.24) is 10.2 Å². The van der Waals surface area contributed by atoms with Crippen LogP contribution in [0.25, 0.3) is 0 Å². The topological polar surface area (TPSA) is 52.6 Å². The van der Waals surface area contributed by atoms with Crippen molar-refractivity contribution in [1.29, 1.82) is 0 Å². The van der Waals surface area contributed by atoms with Crippen molar-refractivity contribution >= 4 is 18.3 Å². The fourth-order valence-corrected chi connectivity index (χ4v) is 1.87. The lowest BCUT2D eigenvalue weighted by molar-refractivity contribution is -0.136. The first-order chi connectivity index (χ1) is 6.79. The molecule has 0 aromatic heterocycles. The zero-order valence-corrected chi connectivity index (χ0v) is 10.1. The molecule has 2 N–H and O–H groups in total. The standard InChI is InChI=1S/C10H20N2O2.ClH/c1-2-12(7-8-13)10(14)9-3-5-11-6-4-9;/h9,11,13H,2-8H2,1H3;1H. The van der Waals surface area contributed by atoms with Crippen molar-refractivity contribution in [3.63, 3.8) is 0 Å². The summed E-state index contributed by atoms with van der Waals surface area (Å²) in [5, 5.41) is 12.0. The number of halogens is 1. The molecule has 1 fully saturated rings. The highest BCUT2D eigenvalue weighted by atomic mass is 35.5. The van der Waals surface area contributed by atoms with Crippen LogP contribution >= 0.6 is 12.4 Å². The lowest BCUT2D eigenvalue weighted by atomic mass is 9.96.